The van der Waals surface area contributed by atoms with E-state index in [2.05, 4.69) is 9.88 Å². The molecule has 0 radical (unpaired) electrons. The van der Waals surface area contributed by atoms with E-state index in [1.165, 1.54) is 11.3 Å². The van der Waals surface area contributed by atoms with Crippen LogP contribution in [0, 0.1) is 0 Å². The van der Waals surface area contributed by atoms with E-state index in [0.29, 0.717) is 26.2 Å². The summed E-state index contributed by atoms with van der Waals surface area (Å²) >= 11 is 1.48. The van der Waals surface area contributed by atoms with Gasteiger partial charge in [0.1, 0.15) is 6.54 Å². The predicted octanol–water partition coefficient (Wildman–Crippen LogP) is 2.12. The molecule has 2 aromatic heterocycles. The van der Waals surface area contributed by atoms with Crippen molar-refractivity contribution in [2.75, 3.05) is 32.7 Å². The highest BCUT2D eigenvalue weighted by Crippen LogP contribution is 2.14. The fraction of sp³-hybridized carbons (Fsp3) is 0.316. The summed E-state index contributed by atoms with van der Waals surface area (Å²) in [6.45, 7) is 3.50. The van der Waals surface area contributed by atoms with Crippen molar-refractivity contribution >= 4 is 34.1 Å². The minimum atomic E-state index is 0.0948. The number of amides is 1. The number of piperazine rings is 1. The van der Waals surface area contributed by atoms with Crippen molar-refractivity contribution in [1.82, 2.24) is 19.4 Å². The molecule has 0 N–H and O–H groups in total. The molecular weight excluding hydrogens is 348 g/mol. The number of fused-ring (bicyclic) bond motifs is 1. The van der Waals surface area contributed by atoms with E-state index in [4.69, 9.17) is 0 Å². The second kappa shape index (κ2) is 7.39. The molecule has 134 valence electrons. The first kappa shape index (κ1) is 16.9. The zero-order valence-corrected chi connectivity index (χ0v) is 15.2. The maximum absolute atomic E-state index is 12.6. The van der Waals surface area contributed by atoms with Crippen molar-refractivity contribution in [2.24, 2.45) is 0 Å². The number of carbonyl (C=O) groups excluding carboxylic acids is 2. The molecule has 6 nitrogen and oxygen atoms in total. The Morgan fingerprint density at radius 1 is 1.00 bits per heavy atom. The number of benzene rings is 1. The fourth-order valence-electron chi connectivity index (χ4n) is 3.26. The van der Waals surface area contributed by atoms with Crippen molar-refractivity contribution in [3.05, 3.63) is 53.0 Å². The monoisotopic (exact) mass is 368 g/mol. The van der Waals surface area contributed by atoms with Crippen LogP contribution in [0.4, 0.5) is 0 Å². The summed E-state index contributed by atoms with van der Waals surface area (Å²) in [5, 5.41) is 1.92. The van der Waals surface area contributed by atoms with Crippen LogP contribution in [-0.4, -0.2) is 63.8 Å². The third-order valence-corrected chi connectivity index (χ3v) is 5.63. The topological polar surface area (TPSA) is 58.4 Å². The van der Waals surface area contributed by atoms with Gasteiger partial charge in [0.25, 0.3) is 0 Å². The molecule has 3 heterocycles. The van der Waals surface area contributed by atoms with Gasteiger partial charge in [-0.25, -0.2) is 4.98 Å². The molecule has 4 rings (SSSR count). The van der Waals surface area contributed by atoms with E-state index >= 15 is 0 Å². The molecular formula is C19H20N4O2S. The normalized spacial score (nSPS) is 15.5. The summed E-state index contributed by atoms with van der Waals surface area (Å²) in [6.07, 6.45) is 1.72. The molecule has 7 heteroatoms. The zero-order valence-electron chi connectivity index (χ0n) is 14.4. The van der Waals surface area contributed by atoms with Crippen LogP contribution in [0.3, 0.4) is 0 Å². The average molecular weight is 368 g/mol. The Hall–Kier alpha value is -2.51. The zero-order chi connectivity index (χ0) is 17.9. The number of nitrogens with zero attached hydrogens (tertiary/aromatic N) is 4. The largest absolute Gasteiger partial charge is 0.339 e. The van der Waals surface area contributed by atoms with E-state index < -0.39 is 0 Å². The van der Waals surface area contributed by atoms with Crippen LogP contribution in [0.1, 0.15) is 9.67 Å². The number of rotatable bonds is 5. The van der Waals surface area contributed by atoms with E-state index in [0.717, 1.165) is 29.0 Å². The lowest BCUT2D eigenvalue weighted by Gasteiger charge is -2.34. The van der Waals surface area contributed by atoms with Crippen molar-refractivity contribution in [2.45, 2.75) is 6.54 Å². The molecule has 0 spiro atoms. The van der Waals surface area contributed by atoms with E-state index in [9.17, 15) is 9.59 Å². The molecule has 0 aliphatic carbocycles. The van der Waals surface area contributed by atoms with Gasteiger partial charge in [-0.15, -0.1) is 11.3 Å². The fourth-order valence-corrected chi connectivity index (χ4v) is 3.91. The SMILES string of the molecule is O=C(CN1CCN(C(=O)Cn2cnc3ccccc32)CC1)c1cccs1. The maximum atomic E-state index is 12.6. The first-order valence-corrected chi connectivity index (χ1v) is 9.55. The first-order valence-electron chi connectivity index (χ1n) is 8.67. The van der Waals surface area contributed by atoms with Crippen molar-refractivity contribution < 1.29 is 9.59 Å². The number of thiophene rings is 1. The lowest BCUT2D eigenvalue weighted by Crippen LogP contribution is -2.50. The van der Waals surface area contributed by atoms with Gasteiger partial charge in [-0.3, -0.25) is 14.5 Å². The average Bonchev–Trinajstić information content (AvgIpc) is 3.33. The van der Waals surface area contributed by atoms with Gasteiger partial charge in [0.2, 0.25) is 5.91 Å². The standard InChI is InChI=1S/C19H20N4O2S/c24-17(18-6-3-11-26-18)12-21-7-9-22(10-8-21)19(25)13-23-14-20-15-4-1-2-5-16(15)23/h1-6,11,14H,7-10,12-13H2. The summed E-state index contributed by atoms with van der Waals surface area (Å²) in [4.78, 5) is 34.0. The van der Waals surface area contributed by atoms with Gasteiger partial charge in [0.05, 0.1) is 28.8 Å². The number of hydrogen-bond donors (Lipinski definition) is 0. The highest BCUT2D eigenvalue weighted by Gasteiger charge is 2.23. The number of imidazole rings is 1. The highest BCUT2D eigenvalue weighted by atomic mass is 32.1. The molecule has 0 bridgehead atoms. The number of carbonyl (C=O) groups is 2. The third kappa shape index (κ3) is 3.54. The van der Waals surface area contributed by atoms with Crippen LogP contribution in [0.25, 0.3) is 11.0 Å². The Morgan fingerprint density at radius 3 is 2.58 bits per heavy atom. The number of Topliss-reactive ketones (excluding diaryl/α,β-unsaturated/α-hetero) is 1. The molecule has 0 atom stereocenters. The van der Waals surface area contributed by atoms with Gasteiger partial charge in [0, 0.05) is 26.2 Å². The van der Waals surface area contributed by atoms with Crippen molar-refractivity contribution in [1.29, 1.82) is 0 Å². The van der Waals surface area contributed by atoms with E-state index in [-0.39, 0.29) is 11.7 Å². The predicted molar refractivity (Wildman–Crippen MR) is 101 cm³/mol. The van der Waals surface area contributed by atoms with Crippen molar-refractivity contribution in [3.63, 3.8) is 0 Å². The van der Waals surface area contributed by atoms with Crippen LogP contribution < -0.4 is 0 Å². The molecule has 3 aromatic rings. The Bertz CT molecular complexity index is 911. The molecule has 1 saturated heterocycles. The van der Waals surface area contributed by atoms with Crippen molar-refractivity contribution in [3.8, 4) is 0 Å². The maximum Gasteiger partial charge on any atom is 0.242 e. The Labute approximate surface area is 155 Å². The van der Waals surface area contributed by atoms with Gasteiger partial charge < -0.3 is 9.47 Å². The molecule has 1 amide bonds. The highest BCUT2D eigenvalue weighted by molar-refractivity contribution is 7.12. The second-order valence-corrected chi connectivity index (χ2v) is 7.37. The smallest absolute Gasteiger partial charge is 0.242 e. The summed E-state index contributed by atoms with van der Waals surface area (Å²) in [5.41, 5.74) is 1.87. The van der Waals surface area contributed by atoms with Gasteiger partial charge in [-0.05, 0) is 23.6 Å². The van der Waals surface area contributed by atoms with Gasteiger partial charge in [-0.2, -0.15) is 0 Å². The van der Waals surface area contributed by atoms with Gasteiger partial charge >= 0.3 is 0 Å². The minimum Gasteiger partial charge on any atom is -0.339 e. The van der Waals surface area contributed by atoms with E-state index in [1.54, 1.807) is 6.33 Å². The van der Waals surface area contributed by atoms with Gasteiger partial charge in [0.15, 0.2) is 5.78 Å². The number of aromatic nitrogens is 2. The molecule has 0 saturated carbocycles. The van der Waals surface area contributed by atoms with Crippen LogP contribution in [-0.2, 0) is 11.3 Å². The Morgan fingerprint density at radius 2 is 1.81 bits per heavy atom. The number of para-hydroxylation sites is 2. The summed E-state index contributed by atoms with van der Waals surface area (Å²) in [7, 11) is 0. The number of ketones is 1. The van der Waals surface area contributed by atoms with Crippen LogP contribution >= 0.6 is 11.3 Å². The van der Waals surface area contributed by atoms with Crippen LogP contribution in [0.15, 0.2) is 48.1 Å². The minimum absolute atomic E-state index is 0.0948. The Kier molecular flexibility index (Phi) is 4.81. The molecule has 26 heavy (non-hydrogen) atoms. The molecule has 1 aliphatic heterocycles. The van der Waals surface area contributed by atoms with Gasteiger partial charge in [-0.1, -0.05) is 18.2 Å². The second-order valence-electron chi connectivity index (χ2n) is 6.42. The quantitative estimate of drug-likeness (QED) is 0.648. The van der Waals surface area contributed by atoms with Crippen LogP contribution in [0.5, 0.6) is 0 Å². The van der Waals surface area contributed by atoms with E-state index in [1.807, 2.05) is 51.2 Å². The first-order chi connectivity index (χ1) is 12.7. The molecule has 1 fully saturated rings. The summed E-state index contributed by atoms with van der Waals surface area (Å²) in [6, 6.07) is 11.6. The molecule has 1 aliphatic rings. The molecule has 0 unspecified atom stereocenters. The Balaban J connectivity index is 1.31. The molecule has 1 aromatic carbocycles. The lowest BCUT2D eigenvalue weighted by atomic mass is 10.2. The lowest BCUT2D eigenvalue weighted by molar-refractivity contribution is -0.133. The van der Waals surface area contributed by atoms with Crippen LogP contribution in [0.2, 0.25) is 0 Å². The third-order valence-electron chi connectivity index (χ3n) is 4.72. The number of hydrogen-bond acceptors (Lipinski definition) is 5. The summed E-state index contributed by atoms with van der Waals surface area (Å²) in [5.74, 6) is 0.252. The summed E-state index contributed by atoms with van der Waals surface area (Å²) < 4.78 is 1.89.